The van der Waals surface area contributed by atoms with Gasteiger partial charge in [-0.25, -0.2) is 4.39 Å². The molecule has 18 heavy (non-hydrogen) atoms. The molecule has 2 heteroatoms. The molecule has 1 aliphatic rings. The fourth-order valence-electron chi connectivity index (χ4n) is 2.36. The number of hydrogen-bond donors (Lipinski definition) is 1. The van der Waals surface area contributed by atoms with Crippen LogP contribution in [0, 0.1) is 17.7 Å². The van der Waals surface area contributed by atoms with E-state index in [1.807, 2.05) is 12.1 Å². The molecule has 0 saturated heterocycles. The summed E-state index contributed by atoms with van der Waals surface area (Å²) in [6, 6.07) is 7.91. The normalized spacial score (nSPS) is 18.6. The molecule has 0 aromatic heterocycles. The van der Waals surface area contributed by atoms with Crippen molar-refractivity contribution in [3.8, 4) is 0 Å². The molecule has 100 valence electrons. The minimum absolute atomic E-state index is 0.0581. The monoisotopic (exact) mass is 249 g/mol. The highest BCUT2D eigenvalue weighted by Crippen LogP contribution is 2.24. The summed E-state index contributed by atoms with van der Waals surface area (Å²) < 4.78 is 13.7. The number of nitrogens with one attached hydrogen (secondary N) is 1. The van der Waals surface area contributed by atoms with E-state index in [1.54, 1.807) is 12.1 Å². The lowest BCUT2D eigenvalue weighted by molar-refractivity contribution is 0.325. The van der Waals surface area contributed by atoms with Gasteiger partial charge < -0.3 is 5.32 Å². The van der Waals surface area contributed by atoms with E-state index in [1.165, 1.54) is 12.8 Å². The molecule has 1 aromatic carbocycles. The Labute approximate surface area is 110 Å². The fraction of sp³-hybridized carbons (Fsp3) is 0.625. The molecule has 0 amide bonds. The first-order chi connectivity index (χ1) is 8.70. The van der Waals surface area contributed by atoms with Gasteiger partial charge in [-0.15, -0.1) is 0 Å². The molecule has 2 rings (SSSR count). The molecular formula is C16H24FN. The molecular weight excluding hydrogens is 225 g/mol. The smallest absolute Gasteiger partial charge is 0.126 e. The SMILES string of the molecule is CCC(C)C(CNC1CC1)Cc1ccccc1F. The predicted octanol–water partition coefficient (Wildman–Crippen LogP) is 3.78. The van der Waals surface area contributed by atoms with E-state index in [9.17, 15) is 4.39 Å². The standard InChI is InChI=1S/C16H24FN/c1-3-12(2)14(11-18-15-8-9-15)10-13-6-4-5-7-16(13)17/h4-7,12,14-15,18H,3,8-11H2,1-2H3. The van der Waals surface area contributed by atoms with Crippen molar-refractivity contribution >= 4 is 0 Å². The van der Waals surface area contributed by atoms with Gasteiger partial charge in [-0.3, -0.25) is 0 Å². The molecule has 0 aliphatic heterocycles. The van der Waals surface area contributed by atoms with E-state index in [0.717, 1.165) is 31.0 Å². The number of rotatable bonds is 7. The van der Waals surface area contributed by atoms with Gasteiger partial charge in [-0.1, -0.05) is 38.5 Å². The van der Waals surface area contributed by atoms with E-state index in [-0.39, 0.29) is 5.82 Å². The zero-order valence-electron chi connectivity index (χ0n) is 11.5. The van der Waals surface area contributed by atoms with E-state index in [4.69, 9.17) is 0 Å². The summed E-state index contributed by atoms with van der Waals surface area (Å²) in [5.41, 5.74) is 0.861. The summed E-state index contributed by atoms with van der Waals surface area (Å²) in [5, 5.41) is 3.59. The van der Waals surface area contributed by atoms with Crippen LogP contribution < -0.4 is 5.32 Å². The third-order valence-corrected chi connectivity index (χ3v) is 4.13. The Bertz CT molecular complexity index is 373. The van der Waals surface area contributed by atoms with Gasteiger partial charge in [-0.05, 0) is 49.3 Å². The summed E-state index contributed by atoms with van der Waals surface area (Å²) in [5.74, 6) is 1.11. The van der Waals surface area contributed by atoms with Crippen LogP contribution in [0.2, 0.25) is 0 Å². The summed E-state index contributed by atoms with van der Waals surface area (Å²) in [6.07, 6.45) is 4.63. The van der Waals surface area contributed by atoms with Crippen molar-refractivity contribution in [3.63, 3.8) is 0 Å². The van der Waals surface area contributed by atoms with Crippen molar-refractivity contribution in [2.24, 2.45) is 11.8 Å². The minimum Gasteiger partial charge on any atom is -0.314 e. The van der Waals surface area contributed by atoms with E-state index < -0.39 is 0 Å². The highest BCUT2D eigenvalue weighted by molar-refractivity contribution is 5.18. The van der Waals surface area contributed by atoms with Crippen molar-refractivity contribution in [2.45, 2.75) is 45.6 Å². The number of halogens is 1. The molecule has 1 N–H and O–H groups in total. The third kappa shape index (κ3) is 3.81. The Morgan fingerprint density at radius 3 is 2.67 bits per heavy atom. The molecule has 0 radical (unpaired) electrons. The van der Waals surface area contributed by atoms with Gasteiger partial charge in [0.2, 0.25) is 0 Å². The second kappa shape index (κ2) is 6.33. The third-order valence-electron chi connectivity index (χ3n) is 4.13. The van der Waals surface area contributed by atoms with E-state index in [0.29, 0.717) is 11.8 Å². The van der Waals surface area contributed by atoms with Crippen LogP contribution in [0.3, 0.4) is 0 Å². The van der Waals surface area contributed by atoms with Crippen molar-refractivity contribution in [2.75, 3.05) is 6.54 Å². The Morgan fingerprint density at radius 2 is 2.06 bits per heavy atom. The lowest BCUT2D eigenvalue weighted by Crippen LogP contribution is -2.30. The predicted molar refractivity (Wildman–Crippen MR) is 74.1 cm³/mol. The van der Waals surface area contributed by atoms with Crippen molar-refractivity contribution in [1.29, 1.82) is 0 Å². The minimum atomic E-state index is -0.0581. The second-order valence-electron chi connectivity index (χ2n) is 5.62. The van der Waals surface area contributed by atoms with Crippen LogP contribution >= 0.6 is 0 Å². The topological polar surface area (TPSA) is 12.0 Å². The van der Waals surface area contributed by atoms with Crippen LogP contribution in [0.25, 0.3) is 0 Å². The van der Waals surface area contributed by atoms with Crippen LogP contribution in [0.5, 0.6) is 0 Å². The lowest BCUT2D eigenvalue weighted by Gasteiger charge is -2.24. The number of hydrogen-bond acceptors (Lipinski definition) is 1. The summed E-state index contributed by atoms with van der Waals surface area (Å²) in [7, 11) is 0. The van der Waals surface area contributed by atoms with E-state index in [2.05, 4.69) is 19.2 Å². The maximum atomic E-state index is 13.7. The molecule has 1 aromatic rings. The highest BCUT2D eigenvalue weighted by Gasteiger charge is 2.24. The zero-order valence-corrected chi connectivity index (χ0v) is 11.5. The van der Waals surface area contributed by atoms with Crippen LogP contribution in [0.1, 0.15) is 38.7 Å². The highest BCUT2D eigenvalue weighted by atomic mass is 19.1. The average molecular weight is 249 g/mol. The Balaban J connectivity index is 1.96. The van der Waals surface area contributed by atoms with Crippen molar-refractivity contribution < 1.29 is 4.39 Å². The van der Waals surface area contributed by atoms with E-state index >= 15 is 0 Å². The molecule has 1 nitrogen and oxygen atoms in total. The second-order valence-corrected chi connectivity index (χ2v) is 5.62. The quantitative estimate of drug-likeness (QED) is 0.775. The largest absolute Gasteiger partial charge is 0.314 e. The van der Waals surface area contributed by atoms with Gasteiger partial charge in [-0.2, -0.15) is 0 Å². The average Bonchev–Trinajstić information content (AvgIpc) is 3.19. The maximum absolute atomic E-state index is 13.7. The number of benzene rings is 1. The molecule has 0 heterocycles. The summed E-state index contributed by atoms with van der Waals surface area (Å²) >= 11 is 0. The van der Waals surface area contributed by atoms with Gasteiger partial charge in [0.15, 0.2) is 0 Å². The zero-order chi connectivity index (χ0) is 13.0. The molecule has 1 aliphatic carbocycles. The van der Waals surface area contributed by atoms with Crippen LogP contribution in [-0.2, 0) is 6.42 Å². The fourth-order valence-corrected chi connectivity index (χ4v) is 2.36. The first kappa shape index (κ1) is 13.5. The van der Waals surface area contributed by atoms with Gasteiger partial charge in [0.05, 0.1) is 0 Å². The Morgan fingerprint density at radius 1 is 1.33 bits per heavy atom. The van der Waals surface area contributed by atoms with Gasteiger partial charge in [0.1, 0.15) is 5.82 Å². The Kier molecular flexibility index (Phi) is 4.76. The van der Waals surface area contributed by atoms with Gasteiger partial charge >= 0.3 is 0 Å². The van der Waals surface area contributed by atoms with Crippen LogP contribution in [0.4, 0.5) is 4.39 Å². The van der Waals surface area contributed by atoms with Crippen molar-refractivity contribution in [3.05, 3.63) is 35.6 Å². The van der Waals surface area contributed by atoms with Crippen LogP contribution in [-0.4, -0.2) is 12.6 Å². The van der Waals surface area contributed by atoms with Crippen molar-refractivity contribution in [1.82, 2.24) is 5.32 Å². The molecule has 2 atom stereocenters. The molecule has 0 spiro atoms. The first-order valence-corrected chi connectivity index (χ1v) is 7.17. The lowest BCUT2D eigenvalue weighted by atomic mass is 9.86. The molecule has 0 bridgehead atoms. The Hall–Kier alpha value is -0.890. The molecule has 2 unspecified atom stereocenters. The first-order valence-electron chi connectivity index (χ1n) is 7.17. The molecule has 1 fully saturated rings. The maximum Gasteiger partial charge on any atom is 0.126 e. The van der Waals surface area contributed by atoms with Crippen LogP contribution in [0.15, 0.2) is 24.3 Å². The molecule has 1 saturated carbocycles. The summed E-state index contributed by atoms with van der Waals surface area (Å²) in [6.45, 7) is 5.52. The van der Waals surface area contributed by atoms with Gasteiger partial charge in [0.25, 0.3) is 0 Å². The summed E-state index contributed by atoms with van der Waals surface area (Å²) in [4.78, 5) is 0. The van der Waals surface area contributed by atoms with Gasteiger partial charge in [0, 0.05) is 6.04 Å².